The van der Waals surface area contributed by atoms with E-state index in [0.29, 0.717) is 0 Å². The molecular weight excluding hydrogens is 208 g/mol. The number of allylic oxidation sites excluding steroid dienone is 6. The van der Waals surface area contributed by atoms with Crippen LogP contribution in [0.15, 0.2) is 59.6 Å². The van der Waals surface area contributed by atoms with Gasteiger partial charge in [-0.1, -0.05) is 18.7 Å². The average Bonchev–Trinajstić information content (AvgIpc) is 2.24. The summed E-state index contributed by atoms with van der Waals surface area (Å²) >= 11 is 0. The zero-order valence-electron chi connectivity index (χ0n) is 11.2. The van der Waals surface area contributed by atoms with Crippen molar-refractivity contribution >= 4 is 0 Å². The standard InChI is InChI=1S/C15H22N2/c1-6-7-8-14(16)13(4)15-11(2)9-17(5)10-12(15)3/h6-10,15H,4,16H2,1-3,5H3/b7-6-,14-8+. The molecule has 1 heterocycles. The Morgan fingerprint density at radius 1 is 1.35 bits per heavy atom. The molecule has 0 amide bonds. The maximum atomic E-state index is 6.04. The van der Waals surface area contributed by atoms with Crippen LogP contribution in [-0.2, 0) is 0 Å². The molecule has 92 valence electrons. The van der Waals surface area contributed by atoms with Gasteiger partial charge in [0.2, 0.25) is 0 Å². The summed E-state index contributed by atoms with van der Waals surface area (Å²) in [6.45, 7) is 10.3. The van der Waals surface area contributed by atoms with Crippen LogP contribution in [0, 0.1) is 5.92 Å². The lowest BCUT2D eigenvalue weighted by atomic mass is 9.84. The van der Waals surface area contributed by atoms with Gasteiger partial charge in [-0.25, -0.2) is 0 Å². The third-order valence-corrected chi connectivity index (χ3v) is 2.91. The van der Waals surface area contributed by atoms with Crippen molar-refractivity contribution in [2.75, 3.05) is 7.05 Å². The molecular formula is C15H22N2. The van der Waals surface area contributed by atoms with Crippen molar-refractivity contribution in [2.45, 2.75) is 20.8 Å². The Bertz CT molecular complexity index is 402. The zero-order valence-corrected chi connectivity index (χ0v) is 11.2. The summed E-state index contributed by atoms with van der Waals surface area (Å²) in [5, 5.41) is 0. The number of nitrogens with zero attached hydrogens (tertiary/aromatic N) is 1. The van der Waals surface area contributed by atoms with Crippen LogP contribution in [0.4, 0.5) is 0 Å². The molecule has 1 rings (SSSR count). The van der Waals surface area contributed by atoms with Gasteiger partial charge in [0.05, 0.1) is 0 Å². The molecule has 2 nitrogen and oxygen atoms in total. The van der Waals surface area contributed by atoms with Gasteiger partial charge in [-0.2, -0.15) is 0 Å². The molecule has 2 heteroatoms. The second kappa shape index (κ2) is 5.58. The summed E-state index contributed by atoms with van der Waals surface area (Å²) in [5.74, 6) is 0.229. The van der Waals surface area contributed by atoms with Gasteiger partial charge in [0, 0.05) is 31.1 Å². The normalized spacial score (nSPS) is 18.4. The van der Waals surface area contributed by atoms with E-state index in [1.807, 2.05) is 32.2 Å². The Morgan fingerprint density at radius 2 is 1.88 bits per heavy atom. The third kappa shape index (κ3) is 3.13. The van der Waals surface area contributed by atoms with E-state index in [1.165, 1.54) is 11.1 Å². The van der Waals surface area contributed by atoms with Crippen LogP contribution in [0.5, 0.6) is 0 Å². The minimum absolute atomic E-state index is 0.229. The van der Waals surface area contributed by atoms with Crippen molar-refractivity contribution in [3.63, 3.8) is 0 Å². The van der Waals surface area contributed by atoms with Gasteiger partial charge in [0.15, 0.2) is 0 Å². The minimum atomic E-state index is 0.229. The number of hydrogen-bond acceptors (Lipinski definition) is 2. The fraction of sp³-hybridized carbons (Fsp3) is 0.333. The molecule has 0 saturated carbocycles. The monoisotopic (exact) mass is 230 g/mol. The SMILES string of the molecule is C=C(/C(N)=C\C=C/C)C1C(C)=CN(C)C=C1C. The summed E-state index contributed by atoms with van der Waals surface area (Å²) in [6, 6.07) is 0. The fourth-order valence-corrected chi connectivity index (χ4v) is 2.21. The number of rotatable bonds is 3. The Morgan fingerprint density at radius 3 is 2.35 bits per heavy atom. The van der Waals surface area contributed by atoms with Crippen molar-refractivity contribution in [2.24, 2.45) is 11.7 Å². The van der Waals surface area contributed by atoms with E-state index in [9.17, 15) is 0 Å². The zero-order chi connectivity index (χ0) is 13.0. The van der Waals surface area contributed by atoms with Gasteiger partial charge in [-0.15, -0.1) is 0 Å². The maximum Gasteiger partial charge on any atom is 0.0349 e. The van der Waals surface area contributed by atoms with E-state index in [1.54, 1.807) is 0 Å². The van der Waals surface area contributed by atoms with Gasteiger partial charge >= 0.3 is 0 Å². The minimum Gasteiger partial charge on any atom is -0.398 e. The Kier molecular flexibility index (Phi) is 4.38. The number of hydrogen-bond donors (Lipinski definition) is 1. The first-order valence-electron chi connectivity index (χ1n) is 5.83. The van der Waals surface area contributed by atoms with Crippen molar-refractivity contribution in [3.8, 4) is 0 Å². The second-order valence-corrected chi connectivity index (χ2v) is 4.52. The predicted octanol–water partition coefficient (Wildman–Crippen LogP) is 3.33. The highest BCUT2D eigenvalue weighted by Crippen LogP contribution is 2.32. The molecule has 0 saturated heterocycles. The Labute approximate surface area is 104 Å². The molecule has 0 radical (unpaired) electrons. The molecule has 0 unspecified atom stereocenters. The maximum absolute atomic E-state index is 6.04. The van der Waals surface area contributed by atoms with E-state index in [-0.39, 0.29) is 5.92 Å². The fourth-order valence-electron chi connectivity index (χ4n) is 2.21. The molecule has 1 aliphatic heterocycles. The molecule has 2 N–H and O–H groups in total. The van der Waals surface area contributed by atoms with E-state index in [0.717, 1.165) is 11.3 Å². The van der Waals surface area contributed by atoms with E-state index in [2.05, 4.69) is 37.7 Å². The molecule has 0 fully saturated rings. The van der Waals surface area contributed by atoms with Crippen LogP contribution in [0.3, 0.4) is 0 Å². The summed E-state index contributed by atoms with van der Waals surface area (Å²) < 4.78 is 0. The first kappa shape index (κ1) is 13.4. The first-order chi connectivity index (χ1) is 7.97. The van der Waals surface area contributed by atoms with Crippen molar-refractivity contribution < 1.29 is 0 Å². The van der Waals surface area contributed by atoms with E-state index in [4.69, 9.17) is 5.73 Å². The first-order valence-corrected chi connectivity index (χ1v) is 5.83. The van der Waals surface area contributed by atoms with Crippen LogP contribution in [0.1, 0.15) is 20.8 Å². The van der Waals surface area contributed by atoms with Crippen LogP contribution in [0.2, 0.25) is 0 Å². The highest BCUT2D eigenvalue weighted by Gasteiger charge is 2.21. The van der Waals surface area contributed by atoms with E-state index < -0.39 is 0 Å². The molecule has 1 aliphatic rings. The molecule has 0 aromatic rings. The summed E-state index contributed by atoms with van der Waals surface area (Å²) in [6.07, 6.45) is 10.0. The molecule has 0 aromatic heterocycles. The van der Waals surface area contributed by atoms with Gasteiger partial charge in [0.25, 0.3) is 0 Å². The van der Waals surface area contributed by atoms with Crippen molar-refractivity contribution in [1.29, 1.82) is 0 Å². The number of nitrogens with two attached hydrogens (primary N) is 1. The quantitative estimate of drug-likeness (QED) is 0.753. The van der Waals surface area contributed by atoms with Crippen LogP contribution in [0.25, 0.3) is 0 Å². The molecule has 0 bridgehead atoms. The van der Waals surface area contributed by atoms with E-state index >= 15 is 0 Å². The lowest BCUT2D eigenvalue weighted by Crippen LogP contribution is -2.20. The summed E-state index contributed by atoms with van der Waals surface area (Å²) in [4.78, 5) is 2.07. The Balaban J connectivity index is 2.97. The average molecular weight is 230 g/mol. The highest BCUT2D eigenvalue weighted by atomic mass is 15.1. The molecule has 0 aromatic carbocycles. The van der Waals surface area contributed by atoms with Crippen LogP contribution < -0.4 is 5.73 Å². The van der Waals surface area contributed by atoms with Crippen molar-refractivity contribution in [1.82, 2.24) is 4.90 Å². The third-order valence-electron chi connectivity index (χ3n) is 2.91. The molecule has 0 atom stereocenters. The molecule has 0 aliphatic carbocycles. The second-order valence-electron chi connectivity index (χ2n) is 4.52. The van der Waals surface area contributed by atoms with Gasteiger partial charge in [-0.3, -0.25) is 0 Å². The summed E-state index contributed by atoms with van der Waals surface area (Å²) in [7, 11) is 2.03. The molecule has 17 heavy (non-hydrogen) atoms. The highest BCUT2D eigenvalue weighted by molar-refractivity contribution is 5.42. The smallest absolute Gasteiger partial charge is 0.0349 e. The predicted molar refractivity (Wildman–Crippen MR) is 75.0 cm³/mol. The van der Waals surface area contributed by atoms with Gasteiger partial charge < -0.3 is 10.6 Å². The van der Waals surface area contributed by atoms with Gasteiger partial charge in [0.1, 0.15) is 0 Å². The molecule has 0 spiro atoms. The van der Waals surface area contributed by atoms with Crippen molar-refractivity contribution in [3.05, 3.63) is 59.6 Å². The summed E-state index contributed by atoms with van der Waals surface area (Å²) in [5.41, 5.74) is 10.3. The van der Waals surface area contributed by atoms with Crippen LogP contribution >= 0.6 is 0 Å². The largest absolute Gasteiger partial charge is 0.398 e. The Hall–Kier alpha value is -1.70. The van der Waals surface area contributed by atoms with Crippen LogP contribution in [-0.4, -0.2) is 11.9 Å². The lowest BCUT2D eigenvalue weighted by molar-refractivity contribution is 0.569. The topological polar surface area (TPSA) is 29.3 Å². The van der Waals surface area contributed by atoms with Gasteiger partial charge in [-0.05, 0) is 43.6 Å². The lowest BCUT2D eigenvalue weighted by Gasteiger charge is -2.28.